The Bertz CT molecular complexity index is 1230. The Morgan fingerprint density at radius 1 is 1.00 bits per heavy atom. The van der Waals surface area contributed by atoms with E-state index in [0.29, 0.717) is 27.4 Å². The lowest BCUT2D eigenvalue weighted by Gasteiger charge is -2.15. The number of aliphatic hydroxyl groups excluding tert-OH is 1. The molecule has 1 aliphatic heterocycles. The van der Waals surface area contributed by atoms with Crippen LogP contribution in [0.1, 0.15) is 6.92 Å². The van der Waals surface area contributed by atoms with Gasteiger partial charge in [-0.2, -0.15) is 0 Å². The number of aromatic nitrogens is 1. The Balaban J connectivity index is 2.60. The maximum atomic E-state index is 12.3. The van der Waals surface area contributed by atoms with Crippen LogP contribution in [0, 0.1) is 0 Å². The Hall–Kier alpha value is -3.21. The van der Waals surface area contributed by atoms with E-state index in [-0.39, 0.29) is 27.5 Å². The Labute approximate surface area is 129 Å². The average Bonchev–Trinajstić information content (AvgIpc) is 2.52. The van der Waals surface area contributed by atoms with Gasteiger partial charge in [-0.1, -0.05) is 24.3 Å². The van der Waals surface area contributed by atoms with E-state index in [9.17, 15) is 19.8 Å². The second-order valence-electron chi connectivity index (χ2n) is 5.48. The summed E-state index contributed by atoms with van der Waals surface area (Å²) in [6.45, 7) is 1.41. The Kier molecular flexibility index (Phi) is 2.57. The molecular weight excluding hydrogens is 294 g/mol. The van der Waals surface area contributed by atoms with E-state index in [1.165, 1.54) is 19.1 Å². The minimum atomic E-state index is -0.562. The molecule has 2 aromatic carbocycles. The number of benzene rings is 3. The van der Waals surface area contributed by atoms with Crippen LogP contribution in [0.3, 0.4) is 0 Å². The standard InChI is InChI=1S/C18H11NO4/c1-8(20)13-14-9-4-2-3-5-10(9)17(22)16-12(21)7-6-11(15(14)16)19-18(13)23/h2-7,20,22H,1H3/b13-8-. The molecule has 0 unspecified atom stereocenters. The van der Waals surface area contributed by atoms with Crippen LogP contribution in [0.2, 0.25) is 0 Å². The highest BCUT2D eigenvalue weighted by atomic mass is 16.3. The fourth-order valence-corrected chi connectivity index (χ4v) is 3.20. The van der Waals surface area contributed by atoms with Gasteiger partial charge < -0.3 is 10.2 Å². The summed E-state index contributed by atoms with van der Waals surface area (Å²) >= 11 is 0. The third-order valence-electron chi connectivity index (χ3n) is 4.13. The van der Waals surface area contributed by atoms with Crippen molar-refractivity contribution >= 4 is 27.3 Å². The highest BCUT2D eigenvalue weighted by molar-refractivity contribution is 6.17. The van der Waals surface area contributed by atoms with Crippen molar-refractivity contribution in [2.75, 3.05) is 0 Å². The SMILES string of the molecule is C/C(O)=c1/c(=O)nc2ccc(=O)c3c(O)c4ccccc4c1c3-2. The predicted octanol–water partition coefficient (Wildman–Crippen LogP) is 1.76. The number of aliphatic hydroxyl groups is 1. The van der Waals surface area contributed by atoms with Gasteiger partial charge in [-0.25, -0.2) is 4.98 Å². The molecular formula is C18H11NO4. The molecule has 0 spiro atoms. The van der Waals surface area contributed by atoms with Crippen molar-refractivity contribution in [2.24, 2.45) is 0 Å². The van der Waals surface area contributed by atoms with Crippen LogP contribution in [0.5, 0.6) is 5.75 Å². The fraction of sp³-hybridized carbons (Fsp3) is 0.0556. The maximum Gasteiger partial charge on any atom is 0.281 e. The Morgan fingerprint density at radius 3 is 2.39 bits per heavy atom. The molecule has 0 saturated carbocycles. The molecule has 1 heterocycles. The minimum absolute atomic E-state index is 0.0595. The fourth-order valence-electron chi connectivity index (χ4n) is 3.20. The molecule has 0 amide bonds. The quantitative estimate of drug-likeness (QED) is 0.382. The largest absolute Gasteiger partial charge is 0.512 e. The molecule has 2 N–H and O–H groups in total. The van der Waals surface area contributed by atoms with Gasteiger partial charge in [-0.15, -0.1) is 0 Å². The summed E-state index contributed by atoms with van der Waals surface area (Å²) in [5.41, 5.74) is -0.191. The van der Waals surface area contributed by atoms with Crippen LogP contribution in [0.15, 0.2) is 46.0 Å². The van der Waals surface area contributed by atoms with E-state index in [0.717, 1.165) is 0 Å². The molecule has 0 fully saturated rings. The molecule has 0 bridgehead atoms. The zero-order valence-electron chi connectivity index (χ0n) is 12.1. The maximum absolute atomic E-state index is 12.3. The van der Waals surface area contributed by atoms with Crippen LogP contribution in [0.4, 0.5) is 0 Å². The lowest BCUT2D eigenvalue weighted by Crippen LogP contribution is -2.32. The van der Waals surface area contributed by atoms with Gasteiger partial charge in [0.15, 0.2) is 5.43 Å². The first-order chi connectivity index (χ1) is 11.0. The average molecular weight is 305 g/mol. The molecule has 4 rings (SSSR count). The number of hydrogen-bond donors (Lipinski definition) is 2. The smallest absolute Gasteiger partial charge is 0.281 e. The number of hydrogen-bond acceptors (Lipinski definition) is 5. The van der Waals surface area contributed by atoms with Crippen LogP contribution in [0.25, 0.3) is 38.6 Å². The molecule has 2 aliphatic rings. The van der Waals surface area contributed by atoms with Gasteiger partial charge in [-0.3, -0.25) is 9.59 Å². The molecule has 0 radical (unpaired) electrons. The lowest BCUT2D eigenvalue weighted by molar-refractivity contribution is 0.487. The summed E-state index contributed by atoms with van der Waals surface area (Å²) in [6, 6.07) is 9.67. The van der Waals surface area contributed by atoms with Crippen molar-refractivity contribution in [2.45, 2.75) is 6.92 Å². The van der Waals surface area contributed by atoms with E-state index in [1.807, 2.05) is 0 Å². The first-order valence-corrected chi connectivity index (χ1v) is 7.04. The summed E-state index contributed by atoms with van der Waals surface area (Å²) in [4.78, 5) is 28.6. The van der Waals surface area contributed by atoms with Crippen LogP contribution >= 0.6 is 0 Å². The highest BCUT2D eigenvalue weighted by Gasteiger charge is 2.22. The van der Waals surface area contributed by atoms with Gasteiger partial charge in [0.05, 0.1) is 16.3 Å². The molecule has 5 heteroatoms. The number of phenols is 1. The molecule has 0 aromatic heterocycles. The molecule has 1 aliphatic carbocycles. The van der Waals surface area contributed by atoms with E-state index in [1.54, 1.807) is 24.3 Å². The predicted molar refractivity (Wildman–Crippen MR) is 88.2 cm³/mol. The van der Waals surface area contributed by atoms with Gasteiger partial charge in [-0.05, 0) is 24.4 Å². The lowest BCUT2D eigenvalue weighted by atomic mass is 9.91. The third-order valence-corrected chi connectivity index (χ3v) is 4.13. The van der Waals surface area contributed by atoms with Gasteiger partial charge in [0.25, 0.3) is 5.56 Å². The summed E-state index contributed by atoms with van der Waals surface area (Å²) in [5, 5.41) is 22.2. The van der Waals surface area contributed by atoms with E-state index < -0.39 is 5.56 Å². The van der Waals surface area contributed by atoms with Crippen molar-refractivity contribution in [1.82, 2.24) is 4.98 Å². The molecule has 2 aromatic rings. The first-order valence-electron chi connectivity index (χ1n) is 7.04. The van der Waals surface area contributed by atoms with E-state index in [4.69, 9.17) is 0 Å². The zero-order valence-corrected chi connectivity index (χ0v) is 12.1. The molecule has 0 saturated heterocycles. The van der Waals surface area contributed by atoms with Gasteiger partial charge in [0.2, 0.25) is 0 Å². The first kappa shape index (κ1) is 13.5. The van der Waals surface area contributed by atoms with E-state index >= 15 is 0 Å². The number of pyridine rings is 1. The van der Waals surface area contributed by atoms with Crippen LogP contribution < -0.4 is 16.2 Å². The summed E-state index contributed by atoms with van der Waals surface area (Å²) in [6.07, 6.45) is 0. The second kappa shape index (κ2) is 4.39. The van der Waals surface area contributed by atoms with Crippen molar-refractivity contribution in [3.05, 3.63) is 62.2 Å². The highest BCUT2D eigenvalue weighted by Crippen LogP contribution is 2.39. The van der Waals surface area contributed by atoms with Crippen molar-refractivity contribution < 1.29 is 10.2 Å². The van der Waals surface area contributed by atoms with Crippen molar-refractivity contribution in [1.29, 1.82) is 0 Å². The summed E-state index contributed by atoms with van der Waals surface area (Å²) < 4.78 is 0. The minimum Gasteiger partial charge on any atom is -0.512 e. The Morgan fingerprint density at radius 2 is 1.70 bits per heavy atom. The topological polar surface area (TPSA) is 87.5 Å². The summed E-state index contributed by atoms with van der Waals surface area (Å²) in [7, 11) is 0. The number of nitrogens with zero attached hydrogens (tertiary/aromatic N) is 1. The van der Waals surface area contributed by atoms with Crippen LogP contribution in [-0.4, -0.2) is 15.2 Å². The third kappa shape index (κ3) is 1.64. The van der Waals surface area contributed by atoms with Crippen molar-refractivity contribution in [3.8, 4) is 17.0 Å². The van der Waals surface area contributed by atoms with Crippen molar-refractivity contribution in [3.63, 3.8) is 0 Å². The van der Waals surface area contributed by atoms with Gasteiger partial charge >= 0.3 is 0 Å². The number of aromatic hydroxyl groups is 1. The molecule has 0 atom stereocenters. The number of phenolic OH excluding ortho intramolecular Hbond substituents is 1. The van der Waals surface area contributed by atoms with Crippen LogP contribution in [-0.2, 0) is 0 Å². The second-order valence-corrected chi connectivity index (χ2v) is 5.48. The van der Waals surface area contributed by atoms with E-state index in [2.05, 4.69) is 4.98 Å². The zero-order chi connectivity index (χ0) is 16.3. The molecule has 5 nitrogen and oxygen atoms in total. The monoisotopic (exact) mass is 305 g/mol. The van der Waals surface area contributed by atoms with Gasteiger partial charge in [0.1, 0.15) is 11.5 Å². The molecule has 23 heavy (non-hydrogen) atoms. The molecule has 112 valence electrons. The normalized spacial score (nSPS) is 13.1. The number of rotatable bonds is 0. The van der Waals surface area contributed by atoms with Gasteiger partial charge in [0, 0.05) is 16.3 Å². The summed E-state index contributed by atoms with van der Waals surface area (Å²) in [5.74, 6) is -0.302. The number of fused-ring (bicyclic) bond motifs is 2.